The van der Waals surface area contributed by atoms with Crippen LogP contribution in [0.5, 0.6) is 0 Å². The van der Waals surface area contributed by atoms with Crippen LogP contribution in [0.15, 0.2) is 32.0 Å². The molecule has 0 bridgehead atoms. The molecule has 8 heteroatoms. The molecule has 1 aromatic rings. The molecule has 1 aliphatic rings. The van der Waals surface area contributed by atoms with Crippen LogP contribution < -0.4 is 10.0 Å². The number of hydrogen-bond acceptors (Lipinski definition) is 3. The quantitative estimate of drug-likeness (QED) is 0.766. The second kappa shape index (κ2) is 7.38. The fourth-order valence-corrected chi connectivity index (χ4v) is 4.48. The van der Waals surface area contributed by atoms with Crippen molar-refractivity contribution in [1.82, 2.24) is 10.0 Å². The Morgan fingerprint density at radius 3 is 2.74 bits per heavy atom. The molecule has 108 valence electrons. The molecule has 0 radical (unpaired) electrons. The summed E-state index contributed by atoms with van der Waals surface area (Å²) in [7, 11) is -3.47. The minimum absolute atomic E-state index is 0. The van der Waals surface area contributed by atoms with E-state index in [0.29, 0.717) is 11.0 Å². The largest absolute Gasteiger partial charge is 0.313 e. The van der Waals surface area contributed by atoms with E-state index in [1.165, 1.54) is 0 Å². The van der Waals surface area contributed by atoms with Crippen molar-refractivity contribution < 1.29 is 8.42 Å². The molecule has 1 fully saturated rings. The Labute approximate surface area is 136 Å². The van der Waals surface area contributed by atoms with Crippen molar-refractivity contribution in [3.63, 3.8) is 0 Å². The molecule has 0 spiro atoms. The molecule has 0 saturated carbocycles. The molecule has 1 unspecified atom stereocenters. The third kappa shape index (κ3) is 4.68. The van der Waals surface area contributed by atoms with Crippen molar-refractivity contribution in [2.75, 3.05) is 13.1 Å². The average molecular weight is 435 g/mol. The summed E-state index contributed by atoms with van der Waals surface area (Å²) in [6.45, 7) is 1.40. The van der Waals surface area contributed by atoms with E-state index in [1.54, 1.807) is 18.2 Å². The minimum Gasteiger partial charge on any atom is -0.313 e. The fraction of sp³-hybridized carbons (Fsp3) is 0.455. The average Bonchev–Trinajstić information content (AvgIpc) is 2.83. The Bertz CT molecular complexity index is 533. The molecule has 2 N–H and O–H groups in total. The Kier molecular flexibility index (Phi) is 6.75. The molecule has 19 heavy (non-hydrogen) atoms. The van der Waals surface area contributed by atoms with Crippen LogP contribution in [-0.2, 0) is 10.0 Å². The number of sulfonamides is 1. The highest BCUT2D eigenvalue weighted by Gasteiger charge is 2.21. The van der Waals surface area contributed by atoms with Gasteiger partial charge in [-0.25, -0.2) is 13.1 Å². The van der Waals surface area contributed by atoms with Gasteiger partial charge >= 0.3 is 0 Å². The minimum atomic E-state index is -3.47. The molecule has 2 rings (SSSR count). The molecule has 1 aromatic carbocycles. The van der Waals surface area contributed by atoms with Crippen LogP contribution in [-0.4, -0.2) is 27.5 Å². The number of benzene rings is 1. The van der Waals surface area contributed by atoms with Crippen LogP contribution in [0.2, 0.25) is 0 Å². The highest BCUT2D eigenvalue weighted by Crippen LogP contribution is 2.25. The Morgan fingerprint density at radius 1 is 1.37 bits per heavy atom. The number of nitrogens with one attached hydrogen (secondary N) is 2. The fourth-order valence-electron chi connectivity index (χ4n) is 1.90. The van der Waals surface area contributed by atoms with Crippen molar-refractivity contribution in [1.29, 1.82) is 0 Å². The third-order valence-corrected chi connectivity index (χ3v) is 5.78. The Morgan fingerprint density at radius 2 is 2.11 bits per heavy atom. The van der Waals surface area contributed by atoms with Gasteiger partial charge in [0.25, 0.3) is 0 Å². The van der Waals surface area contributed by atoms with E-state index >= 15 is 0 Å². The molecule has 0 aromatic heterocycles. The van der Waals surface area contributed by atoms with Gasteiger partial charge in [-0.2, -0.15) is 0 Å². The molecule has 1 heterocycles. The predicted octanol–water partition coefficient (Wildman–Crippen LogP) is 2.66. The predicted molar refractivity (Wildman–Crippen MR) is 85.3 cm³/mol. The standard InChI is InChI=1S/C11H14Br2N2O2S.ClH/c12-8-3-4-10(13)11(6-8)18(16,17)15-7-9-2-1-5-14-9;/h3-4,6,9,14-15H,1-2,5,7H2;1H. The zero-order valence-electron chi connectivity index (χ0n) is 10.0. The van der Waals surface area contributed by atoms with E-state index in [0.717, 1.165) is 23.9 Å². The summed E-state index contributed by atoms with van der Waals surface area (Å²) in [6.07, 6.45) is 2.12. The number of hydrogen-bond donors (Lipinski definition) is 2. The lowest BCUT2D eigenvalue weighted by Gasteiger charge is -2.13. The first-order chi connectivity index (χ1) is 8.49. The highest BCUT2D eigenvalue weighted by atomic mass is 79.9. The second-order valence-electron chi connectivity index (χ2n) is 4.22. The van der Waals surface area contributed by atoms with Gasteiger partial charge < -0.3 is 5.32 Å². The SMILES string of the molecule is Cl.O=S(=O)(NCC1CCCN1)c1cc(Br)ccc1Br. The topological polar surface area (TPSA) is 58.2 Å². The smallest absolute Gasteiger partial charge is 0.241 e. The van der Waals surface area contributed by atoms with E-state index in [2.05, 4.69) is 41.9 Å². The second-order valence-corrected chi connectivity index (χ2v) is 7.73. The van der Waals surface area contributed by atoms with Gasteiger partial charge in [-0.1, -0.05) is 15.9 Å². The molecule has 1 atom stereocenters. The van der Waals surface area contributed by atoms with Crippen LogP contribution in [0, 0.1) is 0 Å². The summed E-state index contributed by atoms with van der Waals surface area (Å²) in [5.41, 5.74) is 0. The van der Waals surface area contributed by atoms with E-state index in [-0.39, 0.29) is 23.3 Å². The summed E-state index contributed by atoms with van der Waals surface area (Å²) < 4.78 is 28.3. The zero-order chi connectivity index (χ0) is 13.2. The van der Waals surface area contributed by atoms with Gasteiger partial charge in [-0.15, -0.1) is 12.4 Å². The normalized spacial score (nSPS) is 19.2. The highest BCUT2D eigenvalue weighted by molar-refractivity contribution is 9.11. The van der Waals surface area contributed by atoms with Gasteiger partial charge in [0, 0.05) is 21.5 Å². The molecule has 4 nitrogen and oxygen atoms in total. The first-order valence-corrected chi connectivity index (χ1v) is 8.74. The van der Waals surface area contributed by atoms with Gasteiger partial charge in [0.1, 0.15) is 0 Å². The van der Waals surface area contributed by atoms with Gasteiger partial charge in [-0.05, 0) is 53.5 Å². The molecule has 1 saturated heterocycles. The van der Waals surface area contributed by atoms with E-state index in [9.17, 15) is 8.42 Å². The van der Waals surface area contributed by atoms with E-state index in [1.807, 2.05) is 0 Å². The van der Waals surface area contributed by atoms with Crippen molar-refractivity contribution in [3.05, 3.63) is 27.1 Å². The van der Waals surface area contributed by atoms with Crippen molar-refractivity contribution in [3.8, 4) is 0 Å². The van der Waals surface area contributed by atoms with Crippen LogP contribution in [0.3, 0.4) is 0 Å². The van der Waals surface area contributed by atoms with Crippen LogP contribution in [0.4, 0.5) is 0 Å². The summed E-state index contributed by atoms with van der Waals surface area (Å²) >= 11 is 6.54. The van der Waals surface area contributed by atoms with Crippen molar-refractivity contribution in [2.45, 2.75) is 23.8 Å². The third-order valence-electron chi connectivity index (χ3n) is 2.86. The Balaban J connectivity index is 0.00000180. The van der Waals surface area contributed by atoms with Gasteiger partial charge in [-0.3, -0.25) is 0 Å². The summed E-state index contributed by atoms with van der Waals surface area (Å²) in [6, 6.07) is 5.34. The van der Waals surface area contributed by atoms with E-state index in [4.69, 9.17) is 0 Å². The van der Waals surface area contributed by atoms with Crippen molar-refractivity contribution in [2.24, 2.45) is 0 Å². The zero-order valence-corrected chi connectivity index (χ0v) is 14.8. The maximum absolute atomic E-state index is 12.2. The maximum Gasteiger partial charge on any atom is 0.241 e. The first kappa shape index (κ1) is 17.4. The van der Waals surface area contributed by atoms with Crippen LogP contribution in [0.25, 0.3) is 0 Å². The van der Waals surface area contributed by atoms with Gasteiger partial charge in [0.05, 0.1) is 4.90 Å². The summed E-state index contributed by atoms with van der Waals surface area (Å²) in [5, 5.41) is 3.26. The number of rotatable bonds is 4. The van der Waals surface area contributed by atoms with Gasteiger partial charge in [0.2, 0.25) is 10.0 Å². The number of halogens is 3. The summed E-state index contributed by atoms with van der Waals surface area (Å²) in [4.78, 5) is 0.259. The molecule has 0 amide bonds. The monoisotopic (exact) mass is 432 g/mol. The van der Waals surface area contributed by atoms with Gasteiger partial charge in [0.15, 0.2) is 0 Å². The summed E-state index contributed by atoms with van der Waals surface area (Å²) in [5.74, 6) is 0. The lowest BCUT2D eigenvalue weighted by Crippen LogP contribution is -2.37. The van der Waals surface area contributed by atoms with E-state index < -0.39 is 10.0 Å². The lowest BCUT2D eigenvalue weighted by molar-refractivity contribution is 0.551. The first-order valence-electron chi connectivity index (χ1n) is 5.67. The maximum atomic E-state index is 12.2. The van der Waals surface area contributed by atoms with Crippen molar-refractivity contribution >= 4 is 54.3 Å². The molecule has 1 aliphatic heterocycles. The van der Waals surface area contributed by atoms with Crippen LogP contribution in [0.1, 0.15) is 12.8 Å². The Hall–Kier alpha value is 0.340. The van der Waals surface area contributed by atoms with Crippen LogP contribution >= 0.6 is 44.3 Å². The molecular weight excluding hydrogens is 419 g/mol. The molecular formula is C11H15Br2ClN2O2S. The lowest BCUT2D eigenvalue weighted by atomic mass is 10.2. The molecule has 0 aliphatic carbocycles.